The third kappa shape index (κ3) is 3.45. The molecule has 1 aliphatic rings. The van der Waals surface area contributed by atoms with Gasteiger partial charge in [0.25, 0.3) is 5.91 Å². The second-order valence-electron chi connectivity index (χ2n) is 6.53. The van der Waals surface area contributed by atoms with Gasteiger partial charge in [0, 0.05) is 18.3 Å². The molecule has 3 heterocycles. The number of methoxy groups -OCH3 is 1. The van der Waals surface area contributed by atoms with Gasteiger partial charge >= 0.3 is 0 Å². The summed E-state index contributed by atoms with van der Waals surface area (Å²) in [7, 11) is 1.52. The summed E-state index contributed by atoms with van der Waals surface area (Å²) < 4.78 is 5.41. The molecule has 9 nitrogen and oxygen atoms in total. The largest absolute Gasteiger partial charge is 0.493 e. The molecule has 29 heavy (non-hydrogen) atoms. The maximum atomic E-state index is 12.8. The first-order chi connectivity index (χ1) is 14.0. The normalized spacial score (nSPS) is 15.6. The van der Waals surface area contributed by atoms with Crippen LogP contribution in [0.2, 0.25) is 5.02 Å². The predicted octanol–water partition coefficient (Wildman–Crippen LogP) is 2.11. The van der Waals surface area contributed by atoms with E-state index in [-0.39, 0.29) is 24.5 Å². The lowest BCUT2D eigenvalue weighted by Crippen LogP contribution is -2.43. The van der Waals surface area contributed by atoms with Crippen LogP contribution in [0.3, 0.4) is 0 Å². The van der Waals surface area contributed by atoms with E-state index in [1.165, 1.54) is 13.3 Å². The van der Waals surface area contributed by atoms with Crippen molar-refractivity contribution in [2.75, 3.05) is 24.8 Å². The van der Waals surface area contributed by atoms with E-state index in [2.05, 4.69) is 25.6 Å². The highest BCUT2D eigenvalue weighted by Gasteiger charge is 2.32. The Morgan fingerprint density at radius 2 is 2.24 bits per heavy atom. The molecule has 4 rings (SSSR count). The van der Waals surface area contributed by atoms with Crippen LogP contribution >= 0.6 is 11.6 Å². The van der Waals surface area contributed by atoms with Gasteiger partial charge < -0.3 is 31.2 Å². The molecule has 1 aromatic carbocycles. The maximum absolute atomic E-state index is 12.8. The van der Waals surface area contributed by atoms with Crippen LogP contribution in [0.5, 0.6) is 5.75 Å². The number of H-pyrrole nitrogens is 1. The molecule has 3 aromatic rings. The number of hydrogen-bond acceptors (Lipinski definition) is 7. The molecular weight excluding hydrogens is 396 g/mol. The smallest absolute Gasteiger partial charge is 0.255 e. The first-order valence-electron chi connectivity index (χ1n) is 8.86. The number of para-hydroxylation sites is 1. The number of nitrogen functional groups attached to an aromatic ring is 1. The summed E-state index contributed by atoms with van der Waals surface area (Å²) in [6.07, 6.45) is 1.98. The molecule has 150 valence electrons. The number of amides is 1. The van der Waals surface area contributed by atoms with Crippen LogP contribution in [0.25, 0.3) is 11.4 Å². The number of hydrogen-bond donors (Lipinski definition) is 5. The number of aromatic nitrogens is 3. The van der Waals surface area contributed by atoms with Crippen molar-refractivity contribution in [2.45, 2.75) is 12.5 Å². The number of ether oxygens (including phenoxy) is 1. The highest BCUT2D eigenvalue weighted by molar-refractivity contribution is 6.32. The van der Waals surface area contributed by atoms with Gasteiger partial charge in [0.2, 0.25) is 5.95 Å². The Bertz CT molecular complexity index is 1080. The molecule has 0 saturated heterocycles. The number of halogens is 1. The van der Waals surface area contributed by atoms with E-state index in [4.69, 9.17) is 22.1 Å². The number of fused-ring (bicyclic) bond motifs is 1. The molecule has 10 heteroatoms. The average Bonchev–Trinajstić information content (AvgIpc) is 3.07. The van der Waals surface area contributed by atoms with Gasteiger partial charge in [-0.25, -0.2) is 9.97 Å². The summed E-state index contributed by atoms with van der Waals surface area (Å²) in [5.41, 5.74) is 9.05. The van der Waals surface area contributed by atoms with E-state index in [0.29, 0.717) is 51.2 Å². The summed E-state index contributed by atoms with van der Waals surface area (Å²) in [5.74, 6) is 0.249. The number of nitrogens with zero attached hydrogens (tertiary/aromatic N) is 2. The molecule has 1 aliphatic heterocycles. The zero-order chi connectivity index (χ0) is 20.5. The van der Waals surface area contributed by atoms with Gasteiger partial charge in [-0.1, -0.05) is 17.7 Å². The van der Waals surface area contributed by atoms with Crippen molar-refractivity contribution in [3.63, 3.8) is 0 Å². The van der Waals surface area contributed by atoms with Gasteiger partial charge in [0.05, 0.1) is 53.1 Å². The van der Waals surface area contributed by atoms with Gasteiger partial charge in [-0.05, 0) is 18.2 Å². The zero-order valence-corrected chi connectivity index (χ0v) is 16.2. The Labute approximate surface area is 171 Å². The highest BCUT2D eigenvalue weighted by Crippen LogP contribution is 2.40. The SMILES string of the molecule is COc1c(Cl)cccc1Nc1c(-c2ccnc(N)n2)[nH]c2c1C(=O)NC(CO)C2. The Morgan fingerprint density at radius 1 is 1.41 bits per heavy atom. The molecule has 1 amide bonds. The maximum Gasteiger partial charge on any atom is 0.255 e. The Morgan fingerprint density at radius 3 is 2.97 bits per heavy atom. The molecule has 0 fully saturated rings. The predicted molar refractivity (Wildman–Crippen MR) is 110 cm³/mol. The fourth-order valence-electron chi connectivity index (χ4n) is 3.40. The van der Waals surface area contributed by atoms with E-state index >= 15 is 0 Å². The third-order valence-corrected chi connectivity index (χ3v) is 4.97. The number of aromatic amines is 1. The molecular formula is C19H19ClN6O3. The molecule has 0 radical (unpaired) electrons. The van der Waals surface area contributed by atoms with E-state index in [9.17, 15) is 9.90 Å². The summed E-state index contributed by atoms with van der Waals surface area (Å²) in [5, 5.41) is 16.0. The summed E-state index contributed by atoms with van der Waals surface area (Å²) in [4.78, 5) is 24.3. The zero-order valence-electron chi connectivity index (χ0n) is 15.5. The van der Waals surface area contributed by atoms with Gasteiger partial charge in [-0.15, -0.1) is 0 Å². The van der Waals surface area contributed by atoms with Gasteiger partial charge in [0.1, 0.15) is 0 Å². The molecule has 1 atom stereocenters. The number of nitrogens with one attached hydrogen (secondary N) is 3. The topological polar surface area (TPSA) is 138 Å². The Balaban J connectivity index is 1.89. The first-order valence-corrected chi connectivity index (χ1v) is 9.24. The molecule has 1 unspecified atom stereocenters. The molecule has 2 aromatic heterocycles. The van der Waals surface area contributed by atoms with Gasteiger partial charge in [0.15, 0.2) is 5.75 Å². The molecule has 0 bridgehead atoms. The van der Waals surface area contributed by atoms with Crippen LogP contribution in [0.4, 0.5) is 17.3 Å². The minimum absolute atomic E-state index is 0.110. The Kier molecular flexibility index (Phi) is 4.99. The second-order valence-corrected chi connectivity index (χ2v) is 6.94. The number of carbonyl (C=O) groups excluding carboxylic acids is 1. The van der Waals surface area contributed by atoms with Crippen LogP contribution in [0.1, 0.15) is 16.1 Å². The molecule has 0 saturated carbocycles. The van der Waals surface area contributed by atoms with E-state index in [1.807, 2.05) is 0 Å². The van der Waals surface area contributed by atoms with Crippen molar-refractivity contribution in [1.82, 2.24) is 20.3 Å². The van der Waals surface area contributed by atoms with E-state index in [0.717, 1.165) is 0 Å². The van der Waals surface area contributed by atoms with E-state index in [1.54, 1.807) is 24.3 Å². The number of aliphatic hydroxyl groups excluding tert-OH is 1. The van der Waals surface area contributed by atoms with Crippen LogP contribution in [0, 0.1) is 0 Å². The second kappa shape index (κ2) is 7.61. The quantitative estimate of drug-likeness (QED) is 0.431. The van der Waals surface area contributed by atoms with E-state index < -0.39 is 0 Å². The lowest BCUT2D eigenvalue weighted by Gasteiger charge is -2.22. The summed E-state index contributed by atoms with van der Waals surface area (Å²) >= 11 is 6.24. The van der Waals surface area contributed by atoms with Crippen LogP contribution in [0.15, 0.2) is 30.5 Å². The van der Waals surface area contributed by atoms with Crippen molar-refractivity contribution in [3.05, 3.63) is 46.7 Å². The van der Waals surface area contributed by atoms with Gasteiger partial charge in [-0.3, -0.25) is 4.79 Å². The number of anilines is 3. The van der Waals surface area contributed by atoms with Gasteiger partial charge in [-0.2, -0.15) is 0 Å². The fourth-order valence-corrected chi connectivity index (χ4v) is 3.65. The van der Waals surface area contributed by atoms with Crippen LogP contribution in [-0.4, -0.2) is 45.7 Å². The summed E-state index contributed by atoms with van der Waals surface area (Å²) in [6, 6.07) is 6.60. The first kappa shape index (κ1) is 19.0. The summed E-state index contributed by atoms with van der Waals surface area (Å²) in [6.45, 7) is -0.162. The minimum atomic E-state index is -0.370. The molecule has 0 spiro atoms. The van der Waals surface area contributed by atoms with Crippen molar-refractivity contribution in [3.8, 4) is 17.1 Å². The molecule has 0 aliphatic carbocycles. The molecule has 6 N–H and O–H groups in total. The lowest BCUT2D eigenvalue weighted by molar-refractivity contribution is 0.0902. The number of aliphatic hydroxyl groups is 1. The average molecular weight is 415 g/mol. The van der Waals surface area contributed by atoms with Crippen LogP contribution in [-0.2, 0) is 6.42 Å². The van der Waals surface area contributed by atoms with Crippen LogP contribution < -0.4 is 21.1 Å². The number of carbonyl (C=O) groups is 1. The Hall–Kier alpha value is -3.30. The number of rotatable bonds is 5. The lowest BCUT2D eigenvalue weighted by atomic mass is 10.0. The monoisotopic (exact) mass is 414 g/mol. The standard InChI is InChI=1S/C19H19ClN6O3/c1-29-17-10(20)3-2-4-12(17)24-16-14-13(7-9(8-27)23-18(14)28)25-15(16)11-5-6-22-19(21)26-11/h2-6,9,24-25,27H,7-8H2,1H3,(H,23,28)(H2,21,22,26). The number of benzene rings is 1. The van der Waals surface area contributed by atoms with Crippen molar-refractivity contribution in [1.29, 1.82) is 0 Å². The number of nitrogens with two attached hydrogens (primary N) is 1. The van der Waals surface area contributed by atoms with Crippen molar-refractivity contribution in [2.24, 2.45) is 0 Å². The highest BCUT2D eigenvalue weighted by atomic mass is 35.5. The minimum Gasteiger partial charge on any atom is -0.493 e. The fraction of sp³-hybridized carbons (Fsp3) is 0.211. The van der Waals surface area contributed by atoms with Crippen molar-refractivity contribution < 1.29 is 14.6 Å². The third-order valence-electron chi connectivity index (χ3n) is 4.67. The van der Waals surface area contributed by atoms with Crippen molar-refractivity contribution >= 4 is 34.8 Å².